The molecule has 1 amide bonds. The summed E-state index contributed by atoms with van der Waals surface area (Å²) in [5.41, 5.74) is 9.11. The summed E-state index contributed by atoms with van der Waals surface area (Å²) in [6, 6.07) is -0.245. The summed E-state index contributed by atoms with van der Waals surface area (Å²) < 4.78 is 11.2. The van der Waals surface area contributed by atoms with Crippen LogP contribution in [0.4, 0.5) is 0 Å². The fraction of sp³-hybridized carbons (Fsp3) is 0.750. The molecule has 6 unspecified atom stereocenters. The van der Waals surface area contributed by atoms with Crippen LogP contribution in [0.2, 0.25) is 0 Å². The Morgan fingerprint density at radius 3 is 2.26 bits per heavy atom. The van der Waals surface area contributed by atoms with Crippen molar-refractivity contribution in [1.82, 2.24) is 15.7 Å². The SMILES string of the molecule is CCCC(=N)/C(N)=C(\N)C(=O)NC1OC(COC(NC(C)C)(PNC(C)C)C(=O)O)C(O)C1O. The molecular weight excluding hydrogens is 467 g/mol. The van der Waals surface area contributed by atoms with Crippen LogP contribution in [-0.2, 0) is 19.1 Å². The third-order valence-electron chi connectivity index (χ3n) is 4.79. The average molecular weight is 507 g/mol. The first kappa shape index (κ1) is 30.2. The molecule has 0 aromatic rings. The van der Waals surface area contributed by atoms with E-state index in [0.717, 1.165) is 0 Å². The molecular formula is C20H39N6O7P. The van der Waals surface area contributed by atoms with Gasteiger partial charge in [0.1, 0.15) is 24.0 Å². The molecule has 0 spiro atoms. The second kappa shape index (κ2) is 13.3. The quantitative estimate of drug-likeness (QED) is 0.0591. The summed E-state index contributed by atoms with van der Waals surface area (Å²) in [5, 5.41) is 46.7. The highest BCUT2D eigenvalue weighted by molar-refractivity contribution is 7.38. The van der Waals surface area contributed by atoms with Crippen molar-refractivity contribution in [3.63, 3.8) is 0 Å². The van der Waals surface area contributed by atoms with Gasteiger partial charge in [-0.1, -0.05) is 13.3 Å². The summed E-state index contributed by atoms with van der Waals surface area (Å²) in [7, 11) is -0.372. The standard InChI is InChI=1S/C20H39N6O7P/c1-6-7-11(21)13(22)14(23)17(29)24-18-16(28)15(27)12(33-18)8-32-20(19(30)31,25-9(2)3)34-26-10(4)5/h9-10,12,15-16,18,21,25-28,34H,6-8,22-23H2,1-5H3,(H,24,29)(H,30,31)/b14-13+,21-11?. The van der Waals surface area contributed by atoms with Gasteiger partial charge in [-0.05, 0) is 34.1 Å². The van der Waals surface area contributed by atoms with Crippen molar-refractivity contribution >= 4 is 26.3 Å². The molecule has 0 radical (unpaired) electrons. The summed E-state index contributed by atoms with van der Waals surface area (Å²) in [4.78, 5) is 24.5. The van der Waals surface area contributed by atoms with Crippen LogP contribution in [0.5, 0.6) is 0 Å². The van der Waals surface area contributed by atoms with Crippen LogP contribution in [0.15, 0.2) is 11.4 Å². The van der Waals surface area contributed by atoms with Gasteiger partial charge in [0.15, 0.2) is 6.23 Å². The molecule has 13 nitrogen and oxygen atoms in total. The zero-order chi connectivity index (χ0) is 26.2. The maximum Gasteiger partial charge on any atom is 0.357 e. The van der Waals surface area contributed by atoms with Crippen molar-refractivity contribution in [3.8, 4) is 0 Å². The molecule has 0 bridgehead atoms. The highest BCUT2D eigenvalue weighted by atomic mass is 31.1. The first-order chi connectivity index (χ1) is 15.8. The second-order valence-corrected chi connectivity index (χ2v) is 9.87. The molecule has 1 saturated heterocycles. The minimum atomic E-state index is -1.80. The Kier molecular flexibility index (Phi) is 11.8. The minimum absolute atomic E-state index is 0.00545. The number of hydrogen-bond donors (Lipinski definition) is 9. The first-order valence-electron chi connectivity index (χ1n) is 11.1. The molecule has 1 heterocycles. The molecule has 34 heavy (non-hydrogen) atoms. The number of ether oxygens (including phenoxy) is 2. The lowest BCUT2D eigenvalue weighted by atomic mass is 10.1. The van der Waals surface area contributed by atoms with Gasteiger partial charge in [0.25, 0.3) is 5.91 Å². The van der Waals surface area contributed by atoms with Crippen molar-refractivity contribution in [2.24, 2.45) is 11.5 Å². The Morgan fingerprint density at radius 1 is 1.15 bits per heavy atom. The number of aliphatic carboxylic acids is 1. The molecule has 0 saturated carbocycles. The molecule has 1 aliphatic heterocycles. The van der Waals surface area contributed by atoms with Crippen LogP contribution in [0, 0.1) is 5.41 Å². The number of carboxylic acid groups (broad SMARTS) is 1. The summed E-state index contributed by atoms with van der Waals surface area (Å²) >= 11 is 0. The van der Waals surface area contributed by atoms with Gasteiger partial charge in [0, 0.05) is 20.8 Å². The van der Waals surface area contributed by atoms with Crippen molar-refractivity contribution in [1.29, 1.82) is 5.41 Å². The molecule has 6 atom stereocenters. The van der Waals surface area contributed by atoms with Crippen molar-refractivity contribution < 1.29 is 34.4 Å². The third kappa shape index (κ3) is 8.12. The van der Waals surface area contributed by atoms with E-state index in [1.807, 2.05) is 20.8 Å². The molecule has 1 aliphatic rings. The number of aliphatic hydroxyl groups is 2. The zero-order valence-corrected chi connectivity index (χ0v) is 21.2. The molecule has 0 aliphatic carbocycles. The van der Waals surface area contributed by atoms with E-state index in [-0.39, 0.29) is 32.2 Å². The van der Waals surface area contributed by atoms with Gasteiger partial charge < -0.3 is 47.0 Å². The van der Waals surface area contributed by atoms with E-state index >= 15 is 0 Å². The fourth-order valence-corrected chi connectivity index (χ4v) is 4.15. The van der Waals surface area contributed by atoms with Crippen LogP contribution >= 0.6 is 8.73 Å². The smallest absolute Gasteiger partial charge is 0.357 e. The Morgan fingerprint density at radius 2 is 1.76 bits per heavy atom. The van der Waals surface area contributed by atoms with E-state index in [4.69, 9.17) is 26.4 Å². The van der Waals surface area contributed by atoms with E-state index < -0.39 is 54.2 Å². The predicted octanol–water partition coefficient (Wildman–Crippen LogP) is -1.16. The van der Waals surface area contributed by atoms with E-state index in [1.165, 1.54) is 0 Å². The van der Waals surface area contributed by atoms with Crippen LogP contribution in [-0.4, -0.2) is 81.6 Å². The van der Waals surface area contributed by atoms with Gasteiger partial charge >= 0.3 is 5.97 Å². The summed E-state index contributed by atoms with van der Waals surface area (Å²) in [5.74, 6) is -2.13. The number of nitrogens with one attached hydrogen (secondary N) is 4. The lowest BCUT2D eigenvalue weighted by molar-refractivity contribution is -0.164. The van der Waals surface area contributed by atoms with Gasteiger partial charge in [-0.3, -0.25) is 15.2 Å². The van der Waals surface area contributed by atoms with Crippen LogP contribution < -0.4 is 27.2 Å². The number of carbonyl (C=O) groups excluding carboxylic acids is 1. The second-order valence-electron chi connectivity index (χ2n) is 8.63. The summed E-state index contributed by atoms with van der Waals surface area (Å²) in [6.07, 6.45) is -4.52. The monoisotopic (exact) mass is 506 g/mol. The molecule has 196 valence electrons. The number of hydrogen-bond acceptors (Lipinski definition) is 11. The molecule has 11 N–H and O–H groups in total. The van der Waals surface area contributed by atoms with Crippen molar-refractivity contribution in [2.75, 3.05) is 6.61 Å². The zero-order valence-electron chi connectivity index (χ0n) is 20.2. The van der Waals surface area contributed by atoms with Crippen molar-refractivity contribution in [3.05, 3.63) is 11.4 Å². The molecule has 1 fully saturated rings. The summed E-state index contributed by atoms with van der Waals surface area (Å²) in [6.45, 7) is 8.71. The lowest BCUT2D eigenvalue weighted by Crippen LogP contribution is -2.56. The lowest BCUT2D eigenvalue weighted by Gasteiger charge is -2.34. The Hall–Kier alpha value is -1.86. The Balaban J connectivity index is 2.92. The highest BCUT2D eigenvalue weighted by Crippen LogP contribution is 2.31. The Bertz CT molecular complexity index is 766. The first-order valence-corrected chi connectivity index (χ1v) is 12.1. The molecule has 14 heteroatoms. The van der Waals surface area contributed by atoms with E-state index in [2.05, 4.69) is 15.7 Å². The molecule has 0 aromatic heterocycles. The number of rotatable bonds is 14. The number of amides is 1. The van der Waals surface area contributed by atoms with Gasteiger partial charge in [0.05, 0.1) is 18.0 Å². The fourth-order valence-electron chi connectivity index (χ4n) is 3.03. The van der Waals surface area contributed by atoms with Gasteiger partial charge in [0.2, 0.25) is 5.47 Å². The maximum atomic E-state index is 12.4. The predicted molar refractivity (Wildman–Crippen MR) is 128 cm³/mol. The van der Waals surface area contributed by atoms with Gasteiger partial charge in [-0.25, -0.2) is 4.79 Å². The largest absolute Gasteiger partial charge is 0.478 e. The van der Waals surface area contributed by atoms with E-state index in [0.29, 0.717) is 12.8 Å². The van der Waals surface area contributed by atoms with Crippen LogP contribution in [0.25, 0.3) is 0 Å². The molecule has 0 aromatic carbocycles. The highest BCUT2D eigenvalue weighted by Gasteiger charge is 2.47. The topological polar surface area (TPSA) is 225 Å². The van der Waals surface area contributed by atoms with Crippen LogP contribution in [0.3, 0.4) is 0 Å². The molecule has 1 rings (SSSR count). The number of carboxylic acids is 1. The van der Waals surface area contributed by atoms with Gasteiger partial charge in [-0.15, -0.1) is 0 Å². The maximum absolute atomic E-state index is 12.4. The van der Waals surface area contributed by atoms with E-state index in [1.54, 1.807) is 13.8 Å². The normalized spacial score (nSPS) is 25.6. The average Bonchev–Trinajstić information content (AvgIpc) is 3.01. The number of allylic oxidation sites excluding steroid dienone is 1. The number of aliphatic hydroxyl groups excluding tert-OH is 2. The minimum Gasteiger partial charge on any atom is -0.478 e. The number of carbonyl (C=O) groups is 2. The Labute approximate surface area is 201 Å². The van der Waals surface area contributed by atoms with E-state index in [9.17, 15) is 24.9 Å². The van der Waals surface area contributed by atoms with Crippen LogP contribution in [0.1, 0.15) is 47.5 Å². The van der Waals surface area contributed by atoms with Crippen molar-refractivity contribution in [2.45, 2.75) is 89.5 Å². The number of nitrogens with two attached hydrogens (primary N) is 2. The van der Waals surface area contributed by atoms with Gasteiger partial charge in [-0.2, -0.15) is 0 Å². The third-order valence-corrected chi connectivity index (χ3v) is 6.37.